The van der Waals surface area contributed by atoms with Crippen LogP contribution >= 0.6 is 11.6 Å². The van der Waals surface area contributed by atoms with Gasteiger partial charge in [-0.15, -0.1) is 0 Å². The number of carbonyl (C=O) groups is 1. The number of nitrogens with one attached hydrogen (secondary N) is 2. The van der Waals surface area contributed by atoms with Gasteiger partial charge in [0.1, 0.15) is 16.7 Å². The fraction of sp³-hybridized carbons (Fsp3) is 0.350. The molecule has 0 saturated heterocycles. The van der Waals surface area contributed by atoms with Gasteiger partial charge in [-0.3, -0.25) is 4.79 Å². The summed E-state index contributed by atoms with van der Waals surface area (Å²) in [5, 5.41) is 2.99. The van der Waals surface area contributed by atoms with Crippen LogP contribution in [-0.2, 0) is 26.0 Å². The van der Waals surface area contributed by atoms with Crippen molar-refractivity contribution in [3.63, 3.8) is 0 Å². The number of carbonyl (C=O) groups excluding carboxylic acids is 1. The predicted molar refractivity (Wildman–Crippen MR) is 112 cm³/mol. The topological polar surface area (TPSA) is 93.7 Å². The average Bonchev–Trinajstić information content (AvgIpc) is 2.71. The molecule has 0 aliphatic rings. The number of halogens is 1. The van der Waals surface area contributed by atoms with E-state index in [9.17, 15) is 13.2 Å². The summed E-state index contributed by atoms with van der Waals surface area (Å²) in [7, 11) is -1.13. The number of hydrogen-bond donors (Lipinski definition) is 2. The molecule has 0 spiro atoms. The number of sulfonamides is 1. The van der Waals surface area contributed by atoms with E-state index < -0.39 is 22.0 Å². The predicted octanol–water partition coefficient (Wildman–Crippen LogP) is 2.39. The van der Waals surface area contributed by atoms with Gasteiger partial charge in [-0.1, -0.05) is 41.9 Å². The zero-order valence-electron chi connectivity index (χ0n) is 16.4. The number of hydrogen-bond acceptors (Lipinski definition) is 5. The maximum Gasteiger partial charge on any atom is 0.245 e. The van der Waals surface area contributed by atoms with Crippen molar-refractivity contribution in [2.24, 2.45) is 0 Å². The summed E-state index contributed by atoms with van der Waals surface area (Å²) in [6.07, 6.45) is 0.814. The van der Waals surface area contributed by atoms with E-state index in [2.05, 4.69) is 10.0 Å². The normalized spacial score (nSPS) is 12.4. The standard InChI is InChI=1S/C20H25ClN2O5S/c1-27-12-6-11-22-20(24)17(13-15-7-4-3-5-8-15)23-29(25,26)19-14-16(21)9-10-18(19)28-2/h3-5,7-10,14,17,23H,6,11-13H2,1-2H3,(H,22,24)/t17-/m0/s1. The third-order valence-electron chi connectivity index (χ3n) is 4.14. The van der Waals surface area contributed by atoms with Crippen molar-refractivity contribution in [3.05, 3.63) is 59.1 Å². The van der Waals surface area contributed by atoms with Gasteiger partial charge in [-0.25, -0.2) is 8.42 Å². The van der Waals surface area contributed by atoms with Gasteiger partial charge in [0.25, 0.3) is 0 Å². The number of ether oxygens (including phenoxy) is 2. The van der Waals surface area contributed by atoms with Gasteiger partial charge in [-0.05, 0) is 36.6 Å². The molecule has 9 heteroatoms. The van der Waals surface area contributed by atoms with E-state index in [1.54, 1.807) is 7.11 Å². The van der Waals surface area contributed by atoms with Gasteiger partial charge in [0.05, 0.1) is 7.11 Å². The summed E-state index contributed by atoms with van der Waals surface area (Å²) in [6.45, 7) is 0.870. The number of rotatable bonds is 11. The molecule has 0 aliphatic heterocycles. The van der Waals surface area contributed by atoms with Crippen molar-refractivity contribution < 1.29 is 22.7 Å². The fourth-order valence-electron chi connectivity index (χ4n) is 2.70. The SMILES string of the molecule is COCCCNC(=O)[C@H](Cc1ccccc1)NS(=O)(=O)c1cc(Cl)ccc1OC. The Labute approximate surface area is 176 Å². The van der Waals surface area contributed by atoms with Crippen LogP contribution in [0.3, 0.4) is 0 Å². The highest BCUT2D eigenvalue weighted by Crippen LogP contribution is 2.27. The molecule has 2 aromatic carbocycles. The van der Waals surface area contributed by atoms with Crippen molar-refractivity contribution in [3.8, 4) is 5.75 Å². The minimum atomic E-state index is -4.07. The Balaban J connectivity index is 2.25. The maximum absolute atomic E-state index is 13.0. The molecule has 0 fully saturated rings. The van der Waals surface area contributed by atoms with E-state index in [0.717, 1.165) is 5.56 Å². The Bertz CT molecular complexity index is 906. The van der Waals surface area contributed by atoms with Gasteiger partial charge >= 0.3 is 0 Å². The second-order valence-electron chi connectivity index (χ2n) is 6.30. The van der Waals surface area contributed by atoms with Crippen LogP contribution < -0.4 is 14.8 Å². The zero-order valence-corrected chi connectivity index (χ0v) is 17.9. The van der Waals surface area contributed by atoms with Crippen molar-refractivity contribution >= 4 is 27.5 Å². The Morgan fingerprint density at radius 2 is 1.86 bits per heavy atom. The summed E-state index contributed by atoms with van der Waals surface area (Å²) in [5.41, 5.74) is 0.824. The number of benzene rings is 2. The van der Waals surface area contributed by atoms with Gasteiger partial charge in [0, 0.05) is 25.3 Å². The molecule has 2 aromatic rings. The summed E-state index contributed by atoms with van der Waals surface area (Å²) in [5.74, 6) is -0.282. The lowest BCUT2D eigenvalue weighted by Crippen LogP contribution is -2.48. The molecule has 0 bridgehead atoms. The molecule has 0 aliphatic carbocycles. The average molecular weight is 441 g/mol. The van der Waals surface area contributed by atoms with Gasteiger partial charge < -0.3 is 14.8 Å². The number of methoxy groups -OCH3 is 2. The Kier molecular flexibility index (Phi) is 8.91. The first-order valence-corrected chi connectivity index (χ1v) is 10.9. The second kappa shape index (κ2) is 11.2. The Morgan fingerprint density at radius 3 is 2.52 bits per heavy atom. The highest BCUT2D eigenvalue weighted by atomic mass is 35.5. The highest BCUT2D eigenvalue weighted by molar-refractivity contribution is 7.89. The van der Waals surface area contributed by atoms with E-state index in [0.29, 0.717) is 19.6 Å². The van der Waals surface area contributed by atoms with Gasteiger partial charge in [0.15, 0.2) is 0 Å². The number of amides is 1. The first-order chi connectivity index (χ1) is 13.9. The molecule has 0 radical (unpaired) electrons. The smallest absolute Gasteiger partial charge is 0.245 e. The first kappa shape index (κ1) is 23.2. The maximum atomic E-state index is 13.0. The van der Waals surface area contributed by atoms with Crippen LogP contribution in [0.4, 0.5) is 0 Å². The van der Waals surface area contributed by atoms with Crippen LogP contribution in [-0.4, -0.2) is 47.7 Å². The van der Waals surface area contributed by atoms with Crippen LogP contribution in [0.5, 0.6) is 5.75 Å². The van der Waals surface area contributed by atoms with Crippen molar-refractivity contribution in [2.75, 3.05) is 27.4 Å². The lowest BCUT2D eigenvalue weighted by atomic mass is 10.1. The van der Waals surface area contributed by atoms with Crippen LogP contribution in [0.2, 0.25) is 5.02 Å². The molecule has 158 valence electrons. The Morgan fingerprint density at radius 1 is 1.14 bits per heavy atom. The molecule has 29 heavy (non-hydrogen) atoms. The molecule has 1 atom stereocenters. The first-order valence-electron chi connectivity index (χ1n) is 9.04. The van der Waals surface area contributed by atoms with E-state index in [1.165, 1.54) is 25.3 Å². The summed E-state index contributed by atoms with van der Waals surface area (Å²) in [4.78, 5) is 12.6. The second-order valence-corrected chi connectivity index (χ2v) is 8.41. The van der Waals surface area contributed by atoms with E-state index >= 15 is 0 Å². The molecule has 1 amide bonds. The lowest BCUT2D eigenvalue weighted by Gasteiger charge is -2.20. The molecule has 0 heterocycles. The van der Waals surface area contributed by atoms with E-state index in [4.69, 9.17) is 21.1 Å². The van der Waals surface area contributed by atoms with E-state index in [1.807, 2.05) is 30.3 Å². The van der Waals surface area contributed by atoms with Gasteiger partial charge in [0.2, 0.25) is 15.9 Å². The molecule has 7 nitrogen and oxygen atoms in total. The summed E-state index contributed by atoms with van der Waals surface area (Å²) in [6, 6.07) is 12.5. The molecule has 2 rings (SSSR count). The van der Waals surface area contributed by atoms with Crippen molar-refractivity contribution in [2.45, 2.75) is 23.8 Å². The molecule has 2 N–H and O–H groups in total. The molecule has 0 unspecified atom stereocenters. The van der Waals surface area contributed by atoms with Crippen LogP contribution in [0.25, 0.3) is 0 Å². The molecular formula is C20H25ClN2O5S. The Hall–Kier alpha value is -2.13. The fourth-order valence-corrected chi connectivity index (χ4v) is 4.33. The van der Waals surface area contributed by atoms with E-state index in [-0.39, 0.29) is 22.1 Å². The third kappa shape index (κ3) is 7.01. The monoisotopic (exact) mass is 440 g/mol. The van der Waals surface area contributed by atoms with Crippen molar-refractivity contribution in [1.82, 2.24) is 10.0 Å². The van der Waals surface area contributed by atoms with Crippen LogP contribution in [0, 0.1) is 0 Å². The van der Waals surface area contributed by atoms with Crippen molar-refractivity contribution in [1.29, 1.82) is 0 Å². The molecular weight excluding hydrogens is 416 g/mol. The third-order valence-corrected chi connectivity index (χ3v) is 5.86. The summed E-state index contributed by atoms with van der Waals surface area (Å²) < 4.78 is 38.6. The minimum Gasteiger partial charge on any atom is -0.495 e. The van der Waals surface area contributed by atoms with Crippen LogP contribution in [0.1, 0.15) is 12.0 Å². The lowest BCUT2D eigenvalue weighted by molar-refractivity contribution is -0.122. The zero-order chi connectivity index (χ0) is 21.3. The molecule has 0 saturated carbocycles. The molecule has 0 aromatic heterocycles. The van der Waals surface area contributed by atoms with Gasteiger partial charge in [-0.2, -0.15) is 4.72 Å². The quantitative estimate of drug-likeness (QED) is 0.523. The summed E-state index contributed by atoms with van der Waals surface area (Å²) >= 11 is 5.97. The minimum absolute atomic E-state index is 0.127. The highest BCUT2D eigenvalue weighted by Gasteiger charge is 2.28. The van der Waals surface area contributed by atoms with Crippen LogP contribution in [0.15, 0.2) is 53.4 Å². The largest absolute Gasteiger partial charge is 0.495 e.